The number of hydrogen-bond donors (Lipinski definition) is 0. The van der Waals surface area contributed by atoms with E-state index in [9.17, 15) is 14.4 Å². The quantitative estimate of drug-likeness (QED) is 0.381. The van der Waals surface area contributed by atoms with E-state index in [1.165, 1.54) is 76.4 Å². The van der Waals surface area contributed by atoms with Gasteiger partial charge in [-0.15, -0.1) is 0 Å². The summed E-state index contributed by atoms with van der Waals surface area (Å²) in [6.45, 7) is 0.499. The zero-order valence-corrected chi connectivity index (χ0v) is 16.4. The summed E-state index contributed by atoms with van der Waals surface area (Å²) in [6.07, 6.45) is 15.9. The molecule has 1 aliphatic heterocycles. The van der Waals surface area contributed by atoms with Gasteiger partial charge in [0, 0.05) is 29.7 Å². The zero-order valence-electron chi connectivity index (χ0n) is 15.6. The predicted molar refractivity (Wildman–Crippen MR) is 104 cm³/mol. The predicted octanol–water partition coefficient (Wildman–Crippen LogP) is 3.86. The van der Waals surface area contributed by atoms with Gasteiger partial charge in [0.15, 0.2) is 0 Å². The fourth-order valence-electron chi connectivity index (χ4n) is 3.41. The zero-order chi connectivity index (χ0) is 18.6. The van der Waals surface area contributed by atoms with Crippen molar-refractivity contribution in [1.82, 2.24) is 4.90 Å². The van der Waals surface area contributed by atoms with E-state index in [1.54, 1.807) is 0 Å². The Morgan fingerprint density at radius 3 is 2.08 bits per heavy atom. The van der Waals surface area contributed by atoms with Crippen molar-refractivity contribution in [2.75, 3.05) is 18.9 Å². The van der Waals surface area contributed by atoms with Gasteiger partial charge in [-0.25, -0.2) is 0 Å². The SMILES string of the molecule is O=C(CCN1C(=O)C=CC1=O)OCCSC1CCCCCCCCCC1. The second-order valence-corrected chi connectivity index (χ2v) is 8.44. The molecular weight excluding hydrogens is 350 g/mol. The molecule has 0 unspecified atom stereocenters. The van der Waals surface area contributed by atoms with E-state index in [0.29, 0.717) is 11.9 Å². The normalized spacial score (nSPS) is 20.2. The summed E-state index contributed by atoms with van der Waals surface area (Å²) in [5.41, 5.74) is 0. The smallest absolute Gasteiger partial charge is 0.307 e. The van der Waals surface area contributed by atoms with Crippen LogP contribution in [0.5, 0.6) is 0 Å². The molecule has 2 amide bonds. The molecule has 0 atom stereocenters. The molecule has 0 saturated heterocycles. The standard InChI is InChI=1S/C20H31NO4S/c22-18-11-12-19(23)21(18)14-13-20(24)25-15-16-26-17-9-7-5-3-1-2-4-6-8-10-17/h11-12,17H,1-10,13-16H2. The van der Waals surface area contributed by atoms with Gasteiger partial charge in [-0.3, -0.25) is 19.3 Å². The van der Waals surface area contributed by atoms with Gasteiger partial charge in [0.25, 0.3) is 11.8 Å². The summed E-state index contributed by atoms with van der Waals surface area (Å²) >= 11 is 1.92. The Bertz CT molecular complexity index is 476. The molecule has 5 nitrogen and oxygen atoms in total. The summed E-state index contributed by atoms with van der Waals surface area (Å²) in [5.74, 6) is -0.240. The van der Waals surface area contributed by atoms with Gasteiger partial charge in [0.1, 0.15) is 6.61 Å². The van der Waals surface area contributed by atoms with E-state index in [-0.39, 0.29) is 30.7 Å². The molecule has 0 aromatic rings. The average molecular weight is 382 g/mol. The first-order valence-corrected chi connectivity index (χ1v) is 11.0. The first kappa shape index (κ1) is 21.0. The van der Waals surface area contributed by atoms with Crippen molar-refractivity contribution in [1.29, 1.82) is 0 Å². The highest BCUT2D eigenvalue weighted by Crippen LogP contribution is 2.25. The highest BCUT2D eigenvalue weighted by Gasteiger charge is 2.23. The van der Waals surface area contributed by atoms with Gasteiger partial charge in [-0.05, 0) is 12.8 Å². The molecule has 0 aromatic heterocycles. The van der Waals surface area contributed by atoms with Crippen molar-refractivity contribution in [2.45, 2.75) is 75.9 Å². The number of amides is 2. The van der Waals surface area contributed by atoms with Crippen LogP contribution in [0.15, 0.2) is 12.2 Å². The molecule has 0 bridgehead atoms. The Morgan fingerprint density at radius 2 is 1.50 bits per heavy atom. The Kier molecular flexibility index (Phi) is 9.82. The number of ether oxygens (including phenoxy) is 1. The van der Waals surface area contributed by atoms with Crippen LogP contribution in [0.25, 0.3) is 0 Å². The van der Waals surface area contributed by atoms with E-state index in [4.69, 9.17) is 4.74 Å². The molecule has 0 N–H and O–H groups in total. The maximum Gasteiger partial charge on any atom is 0.307 e. The van der Waals surface area contributed by atoms with Gasteiger partial charge in [-0.2, -0.15) is 11.8 Å². The second-order valence-electron chi connectivity index (χ2n) is 7.03. The van der Waals surface area contributed by atoms with Crippen molar-refractivity contribution in [2.24, 2.45) is 0 Å². The maximum atomic E-state index is 11.8. The molecule has 6 heteroatoms. The summed E-state index contributed by atoms with van der Waals surface area (Å²) in [4.78, 5) is 35.7. The molecule has 146 valence electrons. The number of rotatable bonds is 7. The molecule has 1 heterocycles. The number of esters is 1. The number of thioether (sulfide) groups is 1. The number of imide groups is 1. The van der Waals surface area contributed by atoms with E-state index in [2.05, 4.69) is 0 Å². The third kappa shape index (κ3) is 7.94. The Morgan fingerprint density at radius 1 is 0.962 bits per heavy atom. The lowest BCUT2D eigenvalue weighted by atomic mass is 10.1. The highest BCUT2D eigenvalue weighted by atomic mass is 32.2. The summed E-state index contributed by atoms with van der Waals surface area (Å²) in [6, 6.07) is 0. The van der Waals surface area contributed by atoms with Gasteiger partial charge in [0.05, 0.1) is 6.42 Å². The molecule has 0 radical (unpaired) electrons. The number of carbonyl (C=O) groups is 3. The molecule has 1 aliphatic carbocycles. The molecule has 1 fully saturated rings. The van der Waals surface area contributed by atoms with Crippen molar-refractivity contribution < 1.29 is 19.1 Å². The summed E-state index contributed by atoms with van der Waals surface area (Å²) in [7, 11) is 0. The number of carbonyl (C=O) groups excluding carboxylic acids is 3. The Hall–Kier alpha value is -1.30. The van der Waals surface area contributed by atoms with Gasteiger partial charge in [0.2, 0.25) is 0 Å². The van der Waals surface area contributed by atoms with Crippen molar-refractivity contribution in [3.63, 3.8) is 0 Å². The Balaban J connectivity index is 1.56. The summed E-state index contributed by atoms with van der Waals surface area (Å²) < 4.78 is 5.25. The van der Waals surface area contributed by atoms with E-state index in [0.717, 1.165) is 10.7 Å². The van der Waals surface area contributed by atoms with Crippen molar-refractivity contribution in [3.05, 3.63) is 12.2 Å². The average Bonchev–Trinajstić information content (AvgIpc) is 2.92. The third-order valence-electron chi connectivity index (χ3n) is 4.94. The number of hydrogen-bond acceptors (Lipinski definition) is 5. The first-order valence-electron chi connectivity index (χ1n) is 9.97. The maximum absolute atomic E-state index is 11.8. The van der Waals surface area contributed by atoms with Crippen LogP contribution in [0, 0.1) is 0 Å². The first-order chi connectivity index (χ1) is 12.7. The molecule has 2 rings (SSSR count). The molecule has 2 aliphatic rings. The van der Waals surface area contributed by atoms with Crippen LogP contribution >= 0.6 is 11.8 Å². The van der Waals surface area contributed by atoms with Gasteiger partial charge < -0.3 is 4.74 Å². The third-order valence-corrected chi connectivity index (χ3v) is 6.29. The minimum atomic E-state index is -0.356. The van der Waals surface area contributed by atoms with E-state index >= 15 is 0 Å². The van der Waals surface area contributed by atoms with Crippen LogP contribution in [0.3, 0.4) is 0 Å². The minimum Gasteiger partial charge on any atom is -0.465 e. The van der Waals surface area contributed by atoms with E-state index in [1.807, 2.05) is 11.8 Å². The molecular formula is C20H31NO4S. The monoisotopic (exact) mass is 381 g/mol. The lowest BCUT2D eigenvalue weighted by Gasteiger charge is -2.16. The lowest BCUT2D eigenvalue weighted by molar-refractivity contribution is -0.144. The van der Waals surface area contributed by atoms with Gasteiger partial charge >= 0.3 is 5.97 Å². The fourth-order valence-corrected chi connectivity index (χ4v) is 4.59. The largest absolute Gasteiger partial charge is 0.465 e. The van der Waals surface area contributed by atoms with E-state index < -0.39 is 0 Å². The molecule has 0 aromatic carbocycles. The highest BCUT2D eigenvalue weighted by molar-refractivity contribution is 7.99. The lowest BCUT2D eigenvalue weighted by Crippen LogP contribution is -2.32. The minimum absolute atomic E-state index is 0.0628. The van der Waals surface area contributed by atoms with Crippen molar-refractivity contribution >= 4 is 29.5 Å². The van der Waals surface area contributed by atoms with Crippen LogP contribution < -0.4 is 0 Å². The van der Waals surface area contributed by atoms with Crippen molar-refractivity contribution in [3.8, 4) is 0 Å². The number of nitrogens with zero attached hydrogens (tertiary/aromatic N) is 1. The molecule has 26 heavy (non-hydrogen) atoms. The van der Waals surface area contributed by atoms with Crippen LogP contribution in [-0.2, 0) is 19.1 Å². The topological polar surface area (TPSA) is 63.7 Å². The van der Waals surface area contributed by atoms with Gasteiger partial charge in [-0.1, -0.05) is 51.4 Å². The van der Waals surface area contributed by atoms with Crippen LogP contribution in [0.4, 0.5) is 0 Å². The molecule has 1 saturated carbocycles. The fraction of sp³-hybridized carbons (Fsp3) is 0.750. The summed E-state index contributed by atoms with van der Waals surface area (Å²) in [5, 5.41) is 0.678. The Labute approximate surface area is 160 Å². The molecule has 0 spiro atoms. The second kappa shape index (κ2) is 12.2. The van der Waals surface area contributed by atoms with Crippen LogP contribution in [0.1, 0.15) is 70.6 Å². The van der Waals surface area contributed by atoms with Crippen LogP contribution in [0.2, 0.25) is 0 Å². The van der Waals surface area contributed by atoms with Crippen LogP contribution in [-0.4, -0.2) is 46.8 Å².